The summed E-state index contributed by atoms with van der Waals surface area (Å²) in [7, 11) is 4.91. The molecule has 43 heavy (non-hydrogen) atoms. The smallest absolute Gasteiger partial charge is 0.339 e. The number of nitrogens with zero attached hydrogens (tertiary/aromatic N) is 2. The molecule has 4 atom stereocenters. The third-order valence-electron chi connectivity index (χ3n) is 8.76. The van der Waals surface area contributed by atoms with Crippen LogP contribution in [0.4, 0.5) is 0 Å². The van der Waals surface area contributed by atoms with Crippen LogP contribution in [0, 0.1) is 11.8 Å². The lowest BCUT2D eigenvalue weighted by molar-refractivity contribution is -0.142. The average molecular weight is 599 g/mol. The van der Waals surface area contributed by atoms with Crippen LogP contribution in [0.3, 0.4) is 0 Å². The Balaban J connectivity index is 1.69. The van der Waals surface area contributed by atoms with Crippen LogP contribution in [0.5, 0.6) is 17.4 Å². The molecule has 12 heteroatoms. The molecule has 0 unspecified atom stereocenters. The van der Waals surface area contributed by atoms with E-state index in [1.807, 2.05) is 13.8 Å². The van der Waals surface area contributed by atoms with Crippen LogP contribution in [-0.4, -0.2) is 82.9 Å². The summed E-state index contributed by atoms with van der Waals surface area (Å²) in [6.45, 7) is 4.39. The van der Waals surface area contributed by atoms with Gasteiger partial charge in [0.2, 0.25) is 11.6 Å². The van der Waals surface area contributed by atoms with Crippen molar-refractivity contribution in [3.63, 3.8) is 0 Å². The maximum absolute atomic E-state index is 14.4. The minimum Gasteiger partial charge on any atom is -0.507 e. The van der Waals surface area contributed by atoms with E-state index in [9.17, 15) is 29.7 Å². The van der Waals surface area contributed by atoms with E-state index in [-0.39, 0.29) is 71.5 Å². The van der Waals surface area contributed by atoms with Crippen LogP contribution in [0.15, 0.2) is 16.2 Å². The van der Waals surface area contributed by atoms with Crippen molar-refractivity contribution < 1.29 is 48.4 Å². The lowest BCUT2D eigenvalue weighted by atomic mass is 9.57. The molecule has 232 valence electrons. The second-order valence-electron chi connectivity index (χ2n) is 11.6. The molecule has 1 saturated carbocycles. The average Bonchev–Trinajstić information content (AvgIpc) is 3.38. The van der Waals surface area contributed by atoms with Gasteiger partial charge in [-0.1, -0.05) is 26.7 Å². The van der Waals surface area contributed by atoms with E-state index >= 15 is 0 Å². The zero-order valence-corrected chi connectivity index (χ0v) is 25.1. The minimum atomic E-state index is -2.55. The molecule has 1 heterocycles. The molecule has 3 aliphatic rings. The van der Waals surface area contributed by atoms with E-state index in [1.165, 1.54) is 13.2 Å². The Morgan fingerprint density at radius 2 is 1.79 bits per heavy atom. The first-order valence-electron chi connectivity index (χ1n) is 14.7. The van der Waals surface area contributed by atoms with Crippen LogP contribution in [0.25, 0.3) is 5.76 Å². The number of carboxylic acid groups (broad SMARTS) is 1. The zero-order valence-electron chi connectivity index (χ0n) is 25.1. The number of methoxy groups -OCH3 is 1. The number of carbonyl (C=O) groups is 3. The van der Waals surface area contributed by atoms with Gasteiger partial charge in [0.05, 0.1) is 31.9 Å². The molecule has 1 aromatic carbocycles. The molecule has 0 aliphatic heterocycles. The highest BCUT2D eigenvalue weighted by atomic mass is 16.5. The summed E-state index contributed by atoms with van der Waals surface area (Å²) >= 11 is 0. The van der Waals surface area contributed by atoms with Gasteiger partial charge >= 0.3 is 5.97 Å². The number of aliphatic hydroxyl groups is 2. The highest BCUT2D eigenvalue weighted by molar-refractivity contribution is 6.26. The van der Waals surface area contributed by atoms with Gasteiger partial charge in [0.1, 0.15) is 28.4 Å². The number of aromatic nitrogens is 1. The van der Waals surface area contributed by atoms with Gasteiger partial charge in [0, 0.05) is 17.1 Å². The maximum atomic E-state index is 14.4. The number of carboxylic acids is 1. The molecule has 2 aromatic rings. The number of ether oxygens (including phenoxy) is 3. The highest BCUT2D eigenvalue weighted by Gasteiger charge is 2.65. The van der Waals surface area contributed by atoms with E-state index in [1.54, 1.807) is 19.0 Å². The maximum Gasteiger partial charge on any atom is 0.339 e. The van der Waals surface area contributed by atoms with E-state index < -0.39 is 46.8 Å². The van der Waals surface area contributed by atoms with Crippen LogP contribution in [-0.2, 0) is 11.2 Å². The summed E-state index contributed by atoms with van der Waals surface area (Å²) in [6.07, 6.45) is 3.27. The van der Waals surface area contributed by atoms with E-state index in [0.717, 1.165) is 12.8 Å². The summed E-state index contributed by atoms with van der Waals surface area (Å²) in [5.41, 5.74) is -2.51. The van der Waals surface area contributed by atoms with Crippen molar-refractivity contribution in [2.75, 3.05) is 34.4 Å². The quantitative estimate of drug-likeness (QED) is 0.251. The van der Waals surface area contributed by atoms with Gasteiger partial charge in [-0.2, -0.15) is 0 Å². The number of rotatable bonds is 11. The lowest BCUT2D eigenvalue weighted by Crippen LogP contribution is -2.63. The number of fused-ring (bicyclic) bond motifs is 4. The Labute approximate surface area is 249 Å². The Bertz CT molecular complexity index is 1490. The SMILES string of the molecule is CCCCOc1noc2c1C(=O)[C@@]1(O)C(=O)C3=C(O)c4c(c(OC)cc(C(=O)O)c4OCCCC)C[C@H]3C[C@H]1[C@@H]2N(C)C. The Kier molecular flexibility index (Phi) is 8.28. The number of hydrogen-bond donors (Lipinski definition) is 3. The fraction of sp³-hybridized carbons (Fsp3) is 0.548. The summed E-state index contributed by atoms with van der Waals surface area (Å²) in [5, 5.41) is 37.9. The predicted molar refractivity (Wildman–Crippen MR) is 153 cm³/mol. The molecule has 0 spiro atoms. The fourth-order valence-electron chi connectivity index (χ4n) is 6.67. The monoisotopic (exact) mass is 598 g/mol. The number of benzene rings is 1. The molecule has 3 aliphatic carbocycles. The third kappa shape index (κ3) is 4.67. The lowest BCUT2D eigenvalue weighted by Gasteiger charge is -2.49. The number of Topliss-reactive ketones (excluding diaryl/α,β-unsaturated/α-hetero) is 2. The van der Waals surface area contributed by atoms with Gasteiger partial charge in [-0.25, -0.2) is 4.79 Å². The van der Waals surface area contributed by atoms with Gasteiger partial charge < -0.3 is 34.1 Å². The molecular formula is C31H38N2O10. The van der Waals surface area contributed by atoms with Crippen molar-refractivity contribution in [1.82, 2.24) is 10.1 Å². The number of ketones is 2. The molecular weight excluding hydrogens is 560 g/mol. The molecule has 0 radical (unpaired) electrons. The van der Waals surface area contributed by atoms with Crippen LogP contribution < -0.4 is 14.2 Å². The molecule has 0 bridgehead atoms. The van der Waals surface area contributed by atoms with Gasteiger partial charge in [-0.3, -0.25) is 14.5 Å². The van der Waals surface area contributed by atoms with Crippen molar-refractivity contribution in [3.8, 4) is 17.4 Å². The first kappa shape index (κ1) is 30.6. The highest BCUT2D eigenvalue weighted by Crippen LogP contribution is 2.57. The molecule has 3 N–H and O–H groups in total. The van der Waals surface area contributed by atoms with Gasteiger partial charge in [0.15, 0.2) is 11.4 Å². The number of hydrogen-bond acceptors (Lipinski definition) is 11. The largest absolute Gasteiger partial charge is 0.507 e. The second kappa shape index (κ2) is 11.6. The van der Waals surface area contributed by atoms with Crippen LogP contribution >= 0.6 is 0 Å². The van der Waals surface area contributed by atoms with Crippen molar-refractivity contribution in [2.45, 2.75) is 64.0 Å². The van der Waals surface area contributed by atoms with E-state index in [2.05, 4.69) is 5.16 Å². The molecule has 1 aromatic heterocycles. The van der Waals surface area contributed by atoms with Crippen molar-refractivity contribution in [2.24, 2.45) is 11.8 Å². The van der Waals surface area contributed by atoms with Gasteiger partial charge in [0.25, 0.3) is 5.88 Å². The van der Waals surface area contributed by atoms with Gasteiger partial charge in [-0.15, -0.1) is 0 Å². The Morgan fingerprint density at radius 3 is 2.40 bits per heavy atom. The standard InChI is InChI=1S/C31H38N2O10/c1-6-8-10-41-25-17(30(37)38)14-19(40-5)16-12-15-13-18-23(33(3)4)26-22(29(32-43-26)42-11-9-7-2)28(36)31(18,39)27(35)20(15)24(34)21(16)25/h14-15,18,23,34,39H,6-13H2,1-5H3,(H,37,38)/t15-,18-,23-,31-/m0/s1. The van der Waals surface area contributed by atoms with Crippen LogP contribution in [0.1, 0.15) is 89.6 Å². The summed E-state index contributed by atoms with van der Waals surface area (Å²) in [6, 6.07) is 0.655. The molecule has 5 rings (SSSR count). The molecule has 12 nitrogen and oxygen atoms in total. The Hall–Kier alpha value is -3.90. The van der Waals surface area contributed by atoms with Crippen molar-refractivity contribution >= 4 is 23.3 Å². The van der Waals surface area contributed by atoms with Crippen LogP contribution in [0.2, 0.25) is 0 Å². The number of carbonyl (C=O) groups excluding carboxylic acids is 2. The molecule has 0 amide bonds. The first-order chi connectivity index (χ1) is 20.5. The molecule has 0 saturated heterocycles. The van der Waals surface area contributed by atoms with Gasteiger partial charge in [-0.05, 0) is 56.9 Å². The summed E-state index contributed by atoms with van der Waals surface area (Å²) in [5.74, 6) is -4.95. The normalized spacial score (nSPS) is 24.3. The van der Waals surface area contributed by atoms with E-state index in [4.69, 9.17) is 18.7 Å². The van der Waals surface area contributed by atoms with E-state index in [0.29, 0.717) is 18.4 Å². The number of unbranched alkanes of at least 4 members (excludes halogenated alkanes) is 2. The topological polar surface area (TPSA) is 169 Å². The molecule has 1 fully saturated rings. The third-order valence-corrected chi connectivity index (χ3v) is 8.76. The predicted octanol–water partition coefficient (Wildman–Crippen LogP) is 4.00. The zero-order chi connectivity index (χ0) is 31.2. The first-order valence-corrected chi connectivity index (χ1v) is 14.7. The Morgan fingerprint density at radius 1 is 1.12 bits per heavy atom. The fourth-order valence-corrected chi connectivity index (χ4v) is 6.67. The number of aromatic carboxylic acids is 1. The summed E-state index contributed by atoms with van der Waals surface area (Å²) < 4.78 is 22.8. The minimum absolute atomic E-state index is 0.0242. The summed E-state index contributed by atoms with van der Waals surface area (Å²) in [4.78, 5) is 42.5. The van der Waals surface area contributed by atoms with Crippen molar-refractivity contribution in [3.05, 3.63) is 39.7 Å². The van der Waals surface area contributed by atoms with Crippen molar-refractivity contribution in [1.29, 1.82) is 0 Å². The second-order valence-corrected chi connectivity index (χ2v) is 11.6. The number of aliphatic hydroxyl groups excluding tert-OH is 1.